The standard InChI is InChI=1S/C25H37N7O4/c1-16-13-21(31-30-16)28-20-14-18(26-17(2)27-20)19-15-32(11-12-35-19)22(33)25(9-7-6-8-10-25)29-23(34)36-24(3,4)5/h13-14,19H,6-12,15H2,1-5H3,(H,29,34)(H2,26,27,28,30,31)/t19-/m1/s1. The molecule has 0 radical (unpaired) electrons. The van der Waals surface area contributed by atoms with Crippen molar-refractivity contribution in [1.29, 1.82) is 0 Å². The van der Waals surface area contributed by atoms with E-state index in [2.05, 4.69) is 30.8 Å². The van der Waals surface area contributed by atoms with Crippen LogP contribution in [-0.2, 0) is 14.3 Å². The summed E-state index contributed by atoms with van der Waals surface area (Å²) in [5.41, 5.74) is 0.0183. The molecule has 1 saturated carbocycles. The summed E-state index contributed by atoms with van der Waals surface area (Å²) in [6.07, 6.45) is 3.02. The summed E-state index contributed by atoms with van der Waals surface area (Å²) in [7, 11) is 0. The third-order valence-corrected chi connectivity index (χ3v) is 6.36. The van der Waals surface area contributed by atoms with Crippen LogP contribution in [0.4, 0.5) is 16.4 Å². The van der Waals surface area contributed by atoms with Crippen LogP contribution in [0.1, 0.15) is 76.2 Å². The van der Waals surface area contributed by atoms with Crippen molar-refractivity contribution in [2.24, 2.45) is 0 Å². The Bertz CT molecular complexity index is 1090. The minimum Gasteiger partial charge on any atom is -0.444 e. The van der Waals surface area contributed by atoms with Crippen molar-refractivity contribution < 1.29 is 19.1 Å². The fraction of sp³-hybridized carbons (Fsp3) is 0.640. The SMILES string of the molecule is Cc1nc(Nc2cc(C)[nH]n2)cc([C@H]2CN(C(=O)C3(NC(=O)OC(C)(C)C)CCCCC3)CCO2)n1. The zero-order chi connectivity index (χ0) is 25.9. The van der Waals surface area contributed by atoms with Crippen LogP contribution < -0.4 is 10.6 Å². The highest BCUT2D eigenvalue weighted by molar-refractivity contribution is 5.90. The second-order valence-electron chi connectivity index (χ2n) is 10.7. The molecular weight excluding hydrogens is 462 g/mol. The van der Waals surface area contributed by atoms with Gasteiger partial charge in [0.25, 0.3) is 0 Å². The third kappa shape index (κ3) is 6.31. The Labute approximate surface area is 211 Å². The smallest absolute Gasteiger partial charge is 0.408 e. The van der Waals surface area contributed by atoms with Crippen molar-refractivity contribution in [1.82, 2.24) is 30.4 Å². The normalized spacial score (nSPS) is 20.0. The van der Waals surface area contributed by atoms with Crippen molar-refractivity contribution in [3.8, 4) is 0 Å². The molecule has 1 aliphatic carbocycles. The van der Waals surface area contributed by atoms with Gasteiger partial charge in [-0.3, -0.25) is 9.89 Å². The molecule has 11 heteroatoms. The van der Waals surface area contributed by atoms with Gasteiger partial charge in [0.1, 0.15) is 28.9 Å². The number of amides is 2. The number of hydrogen-bond donors (Lipinski definition) is 3. The molecule has 0 spiro atoms. The van der Waals surface area contributed by atoms with E-state index in [1.54, 1.807) is 4.90 Å². The maximum absolute atomic E-state index is 13.9. The molecule has 0 aromatic carbocycles. The molecule has 1 saturated heterocycles. The summed E-state index contributed by atoms with van der Waals surface area (Å²) in [4.78, 5) is 37.4. The van der Waals surface area contributed by atoms with E-state index in [9.17, 15) is 9.59 Å². The maximum Gasteiger partial charge on any atom is 0.408 e. The van der Waals surface area contributed by atoms with Gasteiger partial charge in [-0.2, -0.15) is 5.10 Å². The topological polar surface area (TPSA) is 134 Å². The van der Waals surface area contributed by atoms with E-state index in [-0.39, 0.29) is 5.91 Å². The lowest BCUT2D eigenvalue weighted by Crippen LogP contribution is -2.62. The highest BCUT2D eigenvalue weighted by Crippen LogP contribution is 2.33. The Balaban J connectivity index is 1.50. The van der Waals surface area contributed by atoms with Gasteiger partial charge in [0.2, 0.25) is 5.91 Å². The van der Waals surface area contributed by atoms with Crippen molar-refractivity contribution in [3.63, 3.8) is 0 Å². The third-order valence-electron chi connectivity index (χ3n) is 6.36. The van der Waals surface area contributed by atoms with E-state index in [4.69, 9.17) is 9.47 Å². The van der Waals surface area contributed by atoms with Crippen LogP contribution in [0.15, 0.2) is 12.1 Å². The van der Waals surface area contributed by atoms with E-state index in [1.807, 2.05) is 46.8 Å². The number of alkyl carbamates (subject to hydrolysis) is 1. The minimum absolute atomic E-state index is 0.0857. The molecule has 2 fully saturated rings. The molecule has 2 amide bonds. The largest absolute Gasteiger partial charge is 0.444 e. The summed E-state index contributed by atoms with van der Waals surface area (Å²) in [5.74, 6) is 1.76. The number of nitrogens with zero attached hydrogens (tertiary/aromatic N) is 4. The molecule has 11 nitrogen and oxygen atoms in total. The number of ether oxygens (including phenoxy) is 2. The van der Waals surface area contributed by atoms with Crippen LogP contribution in [0, 0.1) is 13.8 Å². The van der Waals surface area contributed by atoms with E-state index in [1.165, 1.54) is 0 Å². The number of carbonyl (C=O) groups is 2. The number of hydrogen-bond acceptors (Lipinski definition) is 8. The highest BCUT2D eigenvalue weighted by atomic mass is 16.6. The molecule has 36 heavy (non-hydrogen) atoms. The Morgan fingerprint density at radius 2 is 1.89 bits per heavy atom. The highest BCUT2D eigenvalue weighted by Gasteiger charge is 2.45. The van der Waals surface area contributed by atoms with E-state index in [0.717, 1.165) is 25.0 Å². The predicted molar refractivity (Wildman–Crippen MR) is 134 cm³/mol. The number of rotatable bonds is 5. The van der Waals surface area contributed by atoms with Crippen LogP contribution in [0.3, 0.4) is 0 Å². The van der Waals surface area contributed by atoms with Gasteiger partial charge in [-0.05, 0) is 47.5 Å². The Kier molecular flexibility index (Phi) is 7.49. The van der Waals surface area contributed by atoms with Crippen molar-refractivity contribution in [2.45, 2.75) is 84.0 Å². The van der Waals surface area contributed by atoms with E-state index >= 15 is 0 Å². The summed E-state index contributed by atoms with van der Waals surface area (Å²) in [5, 5.41) is 13.2. The molecule has 1 aliphatic heterocycles. The molecule has 2 aromatic rings. The van der Waals surface area contributed by atoms with Gasteiger partial charge in [-0.25, -0.2) is 14.8 Å². The first-order valence-corrected chi connectivity index (χ1v) is 12.6. The van der Waals surface area contributed by atoms with Gasteiger partial charge in [-0.1, -0.05) is 19.3 Å². The van der Waals surface area contributed by atoms with E-state index in [0.29, 0.717) is 55.7 Å². The number of aromatic amines is 1. The van der Waals surface area contributed by atoms with Gasteiger partial charge in [0, 0.05) is 24.4 Å². The fourth-order valence-corrected chi connectivity index (χ4v) is 4.80. The maximum atomic E-state index is 13.9. The second kappa shape index (κ2) is 10.4. The van der Waals surface area contributed by atoms with Crippen LogP contribution in [0.2, 0.25) is 0 Å². The molecular formula is C25H37N7O4. The lowest BCUT2D eigenvalue weighted by Gasteiger charge is -2.42. The first-order valence-electron chi connectivity index (χ1n) is 12.6. The Hall–Kier alpha value is -3.21. The number of morpholine rings is 1. The van der Waals surface area contributed by atoms with Crippen molar-refractivity contribution >= 4 is 23.6 Å². The lowest BCUT2D eigenvalue weighted by molar-refractivity contribution is -0.147. The molecule has 2 aromatic heterocycles. The van der Waals surface area contributed by atoms with E-state index < -0.39 is 23.3 Å². The van der Waals surface area contributed by atoms with Crippen LogP contribution >= 0.6 is 0 Å². The summed E-state index contributed by atoms with van der Waals surface area (Å²) < 4.78 is 11.5. The number of H-pyrrole nitrogens is 1. The first kappa shape index (κ1) is 25.9. The zero-order valence-corrected chi connectivity index (χ0v) is 21.8. The second-order valence-corrected chi connectivity index (χ2v) is 10.7. The minimum atomic E-state index is -0.964. The first-order chi connectivity index (χ1) is 17.0. The number of anilines is 2. The molecule has 0 unspecified atom stereocenters. The zero-order valence-electron chi connectivity index (χ0n) is 21.8. The lowest BCUT2D eigenvalue weighted by atomic mass is 9.80. The Morgan fingerprint density at radius 3 is 2.56 bits per heavy atom. The summed E-state index contributed by atoms with van der Waals surface area (Å²) in [6, 6.07) is 3.71. The quantitative estimate of drug-likeness (QED) is 0.567. The van der Waals surface area contributed by atoms with Gasteiger partial charge >= 0.3 is 6.09 Å². The molecule has 196 valence electrons. The fourth-order valence-electron chi connectivity index (χ4n) is 4.80. The van der Waals surface area contributed by atoms with Gasteiger partial charge in [0.05, 0.1) is 18.8 Å². The summed E-state index contributed by atoms with van der Waals surface area (Å²) >= 11 is 0. The monoisotopic (exact) mass is 499 g/mol. The van der Waals surface area contributed by atoms with Crippen LogP contribution in [0.5, 0.6) is 0 Å². The van der Waals surface area contributed by atoms with Crippen LogP contribution in [0.25, 0.3) is 0 Å². The van der Waals surface area contributed by atoms with Crippen molar-refractivity contribution in [3.05, 3.63) is 29.3 Å². The Morgan fingerprint density at radius 1 is 1.14 bits per heavy atom. The van der Waals surface area contributed by atoms with Crippen molar-refractivity contribution in [2.75, 3.05) is 25.0 Å². The average molecular weight is 500 g/mol. The van der Waals surface area contributed by atoms with Gasteiger partial charge in [-0.15, -0.1) is 0 Å². The van der Waals surface area contributed by atoms with Crippen LogP contribution in [-0.4, -0.2) is 67.9 Å². The molecule has 1 atom stereocenters. The molecule has 4 rings (SSSR count). The number of nitrogens with one attached hydrogen (secondary N) is 3. The number of carbonyl (C=O) groups excluding carboxylic acids is 2. The average Bonchev–Trinajstić information content (AvgIpc) is 3.22. The van der Waals surface area contributed by atoms with Gasteiger partial charge < -0.3 is 25.0 Å². The molecule has 2 aliphatic rings. The summed E-state index contributed by atoms with van der Waals surface area (Å²) in [6.45, 7) is 10.4. The molecule has 3 N–H and O–H groups in total. The number of aryl methyl sites for hydroxylation is 2. The predicted octanol–water partition coefficient (Wildman–Crippen LogP) is 3.69. The molecule has 3 heterocycles. The number of aromatic nitrogens is 4. The van der Waals surface area contributed by atoms with Gasteiger partial charge in [0.15, 0.2) is 5.82 Å². The molecule has 0 bridgehead atoms.